The van der Waals surface area contributed by atoms with Gasteiger partial charge in [-0.05, 0) is 30.7 Å². The van der Waals surface area contributed by atoms with Gasteiger partial charge < -0.3 is 9.80 Å². The van der Waals surface area contributed by atoms with Gasteiger partial charge in [-0.25, -0.2) is 9.37 Å². The van der Waals surface area contributed by atoms with E-state index in [4.69, 9.17) is 0 Å². The van der Waals surface area contributed by atoms with E-state index in [-0.39, 0.29) is 24.1 Å². The van der Waals surface area contributed by atoms with E-state index in [1.165, 1.54) is 23.5 Å². The highest BCUT2D eigenvalue weighted by molar-refractivity contribution is 7.14. The third kappa shape index (κ3) is 3.95. The first-order valence-electron chi connectivity index (χ1n) is 9.13. The highest BCUT2D eigenvalue weighted by Gasteiger charge is 2.26. The molecular formula is C19H21FN4O2S. The van der Waals surface area contributed by atoms with Gasteiger partial charge in [-0.1, -0.05) is 0 Å². The van der Waals surface area contributed by atoms with Gasteiger partial charge in [-0.2, -0.15) is 0 Å². The molecule has 2 aromatic rings. The number of piperazine rings is 1. The van der Waals surface area contributed by atoms with Crippen molar-refractivity contribution in [3.05, 3.63) is 41.2 Å². The summed E-state index contributed by atoms with van der Waals surface area (Å²) in [5, 5.41) is 2.56. The van der Waals surface area contributed by atoms with Crippen molar-refractivity contribution in [1.29, 1.82) is 0 Å². The summed E-state index contributed by atoms with van der Waals surface area (Å²) >= 11 is 1.42. The van der Waals surface area contributed by atoms with Crippen LogP contribution in [-0.4, -0.2) is 54.4 Å². The van der Waals surface area contributed by atoms with Crippen LogP contribution in [0.3, 0.4) is 0 Å². The van der Waals surface area contributed by atoms with E-state index in [2.05, 4.69) is 9.88 Å². The van der Waals surface area contributed by atoms with E-state index in [0.29, 0.717) is 31.2 Å². The summed E-state index contributed by atoms with van der Waals surface area (Å²) in [5.41, 5.74) is 1.70. The van der Waals surface area contributed by atoms with Crippen molar-refractivity contribution in [3.63, 3.8) is 0 Å². The fraction of sp³-hybridized carbons (Fsp3) is 0.421. The maximum Gasteiger partial charge on any atom is 0.228 e. The Morgan fingerprint density at radius 3 is 2.52 bits per heavy atom. The molecule has 0 N–H and O–H groups in total. The zero-order chi connectivity index (χ0) is 18.8. The third-order valence-electron chi connectivity index (χ3n) is 5.00. The molecule has 2 aliphatic rings. The average Bonchev–Trinajstić information content (AvgIpc) is 3.31. The Balaban J connectivity index is 1.31. The molecule has 27 heavy (non-hydrogen) atoms. The van der Waals surface area contributed by atoms with Crippen molar-refractivity contribution in [2.75, 3.05) is 42.5 Å². The topological polar surface area (TPSA) is 56.8 Å². The minimum Gasteiger partial charge on any atom is -0.368 e. The molecule has 0 bridgehead atoms. The number of hydrogen-bond donors (Lipinski definition) is 0. The standard InChI is InChI=1S/C19H21FN4O2S/c20-14-3-5-16(6-4-14)22-8-10-23(11-9-22)18(26)12-15-13-27-19(21-15)24-7-1-2-17(24)25/h3-6,13H,1-2,7-12H2. The van der Waals surface area contributed by atoms with E-state index in [0.717, 1.165) is 30.9 Å². The van der Waals surface area contributed by atoms with Crippen molar-refractivity contribution >= 4 is 34.0 Å². The Morgan fingerprint density at radius 2 is 1.85 bits per heavy atom. The summed E-state index contributed by atoms with van der Waals surface area (Å²) in [7, 11) is 0. The predicted molar refractivity (Wildman–Crippen MR) is 103 cm³/mol. The number of carbonyl (C=O) groups excluding carboxylic acids is 2. The van der Waals surface area contributed by atoms with Crippen molar-refractivity contribution < 1.29 is 14.0 Å². The summed E-state index contributed by atoms with van der Waals surface area (Å²) < 4.78 is 13.1. The largest absolute Gasteiger partial charge is 0.368 e. The van der Waals surface area contributed by atoms with E-state index < -0.39 is 0 Å². The second kappa shape index (κ2) is 7.64. The number of anilines is 2. The molecule has 0 aliphatic carbocycles. The Morgan fingerprint density at radius 1 is 1.11 bits per heavy atom. The van der Waals surface area contributed by atoms with Crippen LogP contribution in [0.15, 0.2) is 29.6 Å². The quantitative estimate of drug-likeness (QED) is 0.807. The molecule has 0 saturated carbocycles. The van der Waals surface area contributed by atoms with Crippen LogP contribution in [0.25, 0.3) is 0 Å². The lowest BCUT2D eigenvalue weighted by Gasteiger charge is -2.36. The van der Waals surface area contributed by atoms with Gasteiger partial charge >= 0.3 is 0 Å². The second-order valence-corrected chi connectivity index (χ2v) is 7.63. The smallest absolute Gasteiger partial charge is 0.228 e. The molecule has 0 atom stereocenters. The van der Waals surface area contributed by atoms with Crippen molar-refractivity contribution in [2.24, 2.45) is 0 Å². The number of nitrogens with zero attached hydrogens (tertiary/aromatic N) is 4. The number of rotatable bonds is 4. The van der Waals surface area contributed by atoms with Crippen LogP contribution in [0.2, 0.25) is 0 Å². The lowest BCUT2D eigenvalue weighted by atomic mass is 10.2. The molecular weight excluding hydrogens is 367 g/mol. The molecule has 0 unspecified atom stereocenters. The Kier molecular flexibility index (Phi) is 5.07. The summed E-state index contributed by atoms with van der Waals surface area (Å²) in [6.45, 7) is 3.44. The molecule has 0 radical (unpaired) electrons. The molecule has 142 valence electrons. The first-order chi connectivity index (χ1) is 13.1. The molecule has 1 aromatic carbocycles. The second-order valence-electron chi connectivity index (χ2n) is 6.79. The maximum atomic E-state index is 13.1. The number of aromatic nitrogens is 1. The molecule has 1 aromatic heterocycles. The van der Waals surface area contributed by atoms with Gasteiger partial charge in [-0.3, -0.25) is 14.5 Å². The molecule has 3 heterocycles. The first-order valence-corrected chi connectivity index (χ1v) is 10.0. The molecule has 4 rings (SSSR count). The maximum absolute atomic E-state index is 13.1. The average molecular weight is 388 g/mol. The Bertz CT molecular complexity index is 830. The molecule has 2 saturated heterocycles. The number of benzene rings is 1. The van der Waals surface area contributed by atoms with Gasteiger partial charge in [0.05, 0.1) is 12.1 Å². The SMILES string of the molecule is O=C(Cc1csc(N2CCCC2=O)n1)N1CCN(c2ccc(F)cc2)CC1. The molecule has 6 nitrogen and oxygen atoms in total. The van der Waals surface area contributed by atoms with Gasteiger partial charge in [0.25, 0.3) is 0 Å². The van der Waals surface area contributed by atoms with E-state index >= 15 is 0 Å². The fourth-order valence-electron chi connectivity index (χ4n) is 3.48. The zero-order valence-corrected chi connectivity index (χ0v) is 15.8. The third-order valence-corrected chi connectivity index (χ3v) is 5.91. The normalized spacial score (nSPS) is 17.7. The minimum absolute atomic E-state index is 0.0540. The fourth-order valence-corrected chi connectivity index (χ4v) is 4.35. The summed E-state index contributed by atoms with van der Waals surface area (Å²) in [4.78, 5) is 34.6. The molecule has 2 fully saturated rings. The lowest BCUT2D eigenvalue weighted by Crippen LogP contribution is -2.49. The summed E-state index contributed by atoms with van der Waals surface area (Å²) in [5.74, 6) is -0.0803. The summed E-state index contributed by atoms with van der Waals surface area (Å²) in [6, 6.07) is 6.45. The van der Waals surface area contributed by atoms with Crippen LogP contribution >= 0.6 is 11.3 Å². The van der Waals surface area contributed by atoms with E-state index in [9.17, 15) is 14.0 Å². The van der Waals surface area contributed by atoms with Gasteiger partial charge in [0.2, 0.25) is 11.8 Å². The number of hydrogen-bond acceptors (Lipinski definition) is 5. The van der Waals surface area contributed by atoms with Crippen LogP contribution in [-0.2, 0) is 16.0 Å². The first kappa shape index (κ1) is 17.9. The van der Waals surface area contributed by atoms with Crippen LogP contribution in [0.1, 0.15) is 18.5 Å². The molecule has 2 amide bonds. The predicted octanol–water partition coefficient (Wildman–Crippen LogP) is 2.30. The monoisotopic (exact) mass is 388 g/mol. The van der Waals surface area contributed by atoms with Gasteiger partial charge in [0, 0.05) is 50.2 Å². The van der Waals surface area contributed by atoms with Gasteiger partial charge in [0.1, 0.15) is 5.82 Å². The van der Waals surface area contributed by atoms with E-state index in [1.807, 2.05) is 10.3 Å². The van der Waals surface area contributed by atoms with Crippen molar-refractivity contribution in [3.8, 4) is 0 Å². The van der Waals surface area contributed by atoms with Crippen LogP contribution in [0.4, 0.5) is 15.2 Å². The molecule has 2 aliphatic heterocycles. The van der Waals surface area contributed by atoms with Crippen LogP contribution in [0, 0.1) is 5.82 Å². The van der Waals surface area contributed by atoms with Crippen LogP contribution < -0.4 is 9.80 Å². The lowest BCUT2D eigenvalue weighted by molar-refractivity contribution is -0.130. The Labute approximate surface area is 161 Å². The van der Waals surface area contributed by atoms with Gasteiger partial charge in [0.15, 0.2) is 5.13 Å². The highest BCUT2D eigenvalue weighted by Crippen LogP contribution is 2.25. The molecule has 0 spiro atoms. The van der Waals surface area contributed by atoms with E-state index in [1.54, 1.807) is 17.0 Å². The number of carbonyl (C=O) groups is 2. The zero-order valence-electron chi connectivity index (χ0n) is 14.9. The van der Waals surface area contributed by atoms with Gasteiger partial charge in [-0.15, -0.1) is 11.3 Å². The Hall–Kier alpha value is -2.48. The molecule has 8 heteroatoms. The van der Waals surface area contributed by atoms with Crippen LogP contribution in [0.5, 0.6) is 0 Å². The number of amides is 2. The number of halogens is 1. The number of thiazole rings is 1. The minimum atomic E-state index is -0.245. The highest BCUT2D eigenvalue weighted by atomic mass is 32.1. The summed E-state index contributed by atoms with van der Waals surface area (Å²) in [6.07, 6.45) is 1.70. The van der Waals surface area contributed by atoms with Crippen molar-refractivity contribution in [1.82, 2.24) is 9.88 Å². The van der Waals surface area contributed by atoms with Crippen molar-refractivity contribution in [2.45, 2.75) is 19.3 Å².